The number of rotatable bonds is 4. The van der Waals surface area contributed by atoms with Gasteiger partial charge in [-0.2, -0.15) is 0 Å². The number of hydrogen-bond donors (Lipinski definition) is 0. The molecule has 24 heavy (non-hydrogen) atoms. The lowest BCUT2D eigenvalue weighted by molar-refractivity contribution is 0.0776. The second-order valence-electron chi connectivity index (χ2n) is 9.52. The van der Waals surface area contributed by atoms with Crippen LogP contribution in [-0.2, 0) is 0 Å². The van der Waals surface area contributed by atoms with Gasteiger partial charge in [-0.1, -0.05) is 53.7 Å². The first-order valence-corrected chi connectivity index (χ1v) is 9.06. The molecule has 0 aliphatic carbocycles. The third kappa shape index (κ3) is 5.54. The molecule has 1 heterocycles. The van der Waals surface area contributed by atoms with Gasteiger partial charge in [-0.25, -0.2) is 0 Å². The molecule has 1 aromatic carbocycles. The summed E-state index contributed by atoms with van der Waals surface area (Å²) in [5.74, 6) is 1.42. The number of carbonyl (C=O) groups is 1. The number of para-hydroxylation sites is 1. The van der Waals surface area contributed by atoms with E-state index in [-0.39, 0.29) is 11.3 Å². The summed E-state index contributed by atoms with van der Waals surface area (Å²) >= 11 is 0. The SMILES string of the molecule is CC(C)(C)COc1ccccc1C(=O)N1CC[C@@H](CC(C)(C)C)C1. The summed E-state index contributed by atoms with van der Waals surface area (Å²) in [6.07, 6.45) is 2.27. The summed E-state index contributed by atoms with van der Waals surface area (Å²) in [5, 5.41) is 0. The molecule has 134 valence electrons. The highest BCUT2D eigenvalue weighted by molar-refractivity contribution is 5.97. The van der Waals surface area contributed by atoms with Crippen LogP contribution in [0.3, 0.4) is 0 Å². The van der Waals surface area contributed by atoms with Gasteiger partial charge in [0.15, 0.2) is 0 Å². The molecule has 2 rings (SSSR count). The average molecular weight is 332 g/mol. The lowest BCUT2D eigenvalue weighted by Crippen LogP contribution is -2.30. The van der Waals surface area contributed by atoms with Crippen molar-refractivity contribution in [3.8, 4) is 5.75 Å². The van der Waals surface area contributed by atoms with E-state index in [2.05, 4.69) is 41.5 Å². The maximum atomic E-state index is 12.9. The van der Waals surface area contributed by atoms with E-state index in [1.54, 1.807) is 0 Å². The van der Waals surface area contributed by atoms with Crippen molar-refractivity contribution < 1.29 is 9.53 Å². The van der Waals surface area contributed by atoms with Gasteiger partial charge in [0.25, 0.3) is 5.91 Å². The average Bonchev–Trinajstić information content (AvgIpc) is 2.90. The summed E-state index contributed by atoms with van der Waals surface area (Å²) in [4.78, 5) is 14.9. The molecule has 1 atom stereocenters. The third-order valence-corrected chi connectivity index (χ3v) is 4.25. The molecule has 3 nitrogen and oxygen atoms in total. The van der Waals surface area contributed by atoms with Gasteiger partial charge < -0.3 is 9.64 Å². The van der Waals surface area contributed by atoms with Gasteiger partial charge >= 0.3 is 0 Å². The number of amides is 1. The standard InChI is InChI=1S/C21H33NO2/c1-20(2,3)13-16-11-12-22(14-16)19(23)17-9-7-8-10-18(17)24-15-21(4,5)6/h7-10,16H,11-15H2,1-6H3/t16-/m0/s1. The number of nitrogens with zero attached hydrogens (tertiary/aromatic N) is 1. The molecule has 0 N–H and O–H groups in total. The van der Waals surface area contributed by atoms with Crippen molar-refractivity contribution in [1.82, 2.24) is 4.90 Å². The number of hydrogen-bond acceptors (Lipinski definition) is 2. The van der Waals surface area contributed by atoms with E-state index >= 15 is 0 Å². The number of ether oxygens (including phenoxy) is 1. The van der Waals surface area contributed by atoms with Gasteiger partial charge in [0.2, 0.25) is 0 Å². The van der Waals surface area contributed by atoms with Crippen LogP contribution in [0.2, 0.25) is 0 Å². The van der Waals surface area contributed by atoms with Crippen LogP contribution < -0.4 is 4.74 Å². The Bertz CT molecular complexity index is 566. The van der Waals surface area contributed by atoms with E-state index in [1.165, 1.54) is 6.42 Å². The fourth-order valence-corrected chi connectivity index (χ4v) is 3.28. The second-order valence-corrected chi connectivity index (χ2v) is 9.52. The van der Waals surface area contributed by atoms with E-state index in [4.69, 9.17) is 4.74 Å². The van der Waals surface area contributed by atoms with Crippen molar-refractivity contribution in [2.45, 2.75) is 54.4 Å². The zero-order chi connectivity index (χ0) is 18.0. The highest BCUT2D eigenvalue weighted by Gasteiger charge is 2.30. The van der Waals surface area contributed by atoms with E-state index in [0.717, 1.165) is 19.5 Å². The first-order chi connectivity index (χ1) is 11.1. The monoisotopic (exact) mass is 331 g/mol. The fourth-order valence-electron chi connectivity index (χ4n) is 3.28. The second kappa shape index (κ2) is 7.16. The zero-order valence-corrected chi connectivity index (χ0v) is 16.2. The summed E-state index contributed by atoms with van der Waals surface area (Å²) in [7, 11) is 0. The fraction of sp³-hybridized carbons (Fsp3) is 0.667. The first kappa shape index (κ1) is 18.8. The molecule has 1 aromatic rings. The predicted molar refractivity (Wildman–Crippen MR) is 99.5 cm³/mol. The summed E-state index contributed by atoms with van der Waals surface area (Å²) in [5.41, 5.74) is 1.08. The Labute approximate surface area is 147 Å². The molecule has 1 aliphatic rings. The van der Waals surface area contributed by atoms with Crippen molar-refractivity contribution in [1.29, 1.82) is 0 Å². The van der Waals surface area contributed by atoms with E-state index < -0.39 is 0 Å². The molecule has 1 saturated heterocycles. The zero-order valence-electron chi connectivity index (χ0n) is 16.2. The molecule has 0 spiro atoms. The third-order valence-electron chi connectivity index (χ3n) is 4.25. The van der Waals surface area contributed by atoms with Crippen molar-refractivity contribution in [2.24, 2.45) is 16.7 Å². The Morgan fingerprint density at radius 2 is 1.79 bits per heavy atom. The van der Waals surface area contributed by atoms with Crippen molar-refractivity contribution in [2.75, 3.05) is 19.7 Å². The van der Waals surface area contributed by atoms with Gasteiger partial charge in [-0.05, 0) is 41.7 Å². The van der Waals surface area contributed by atoms with E-state index in [9.17, 15) is 4.79 Å². The van der Waals surface area contributed by atoms with Crippen molar-refractivity contribution in [3.05, 3.63) is 29.8 Å². The molecular weight excluding hydrogens is 298 g/mol. The first-order valence-electron chi connectivity index (χ1n) is 9.06. The summed E-state index contributed by atoms with van der Waals surface area (Å²) in [6, 6.07) is 7.64. The molecule has 1 fully saturated rings. The minimum absolute atomic E-state index is 0.0710. The van der Waals surface area contributed by atoms with Gasteiger partial charge in [-0.3, -0.25) is 4.79 Å². The van der Waals surface area contributed by atoms with Crippen LogP contribution in [0.4, 0.5) is 0 Å². The van der Waals surface area contributed by atoms with E-state index in [1.807, 2.05) is 29.2 Å². The summed E-state index contributed by atoms with van der Waals surface area (Å²) in [6.45, 7) is 15.5. The van der Waals surface area contributed by atoms with Crippen molar-refractivity contribution in [3.63, 3.8) is 0 Å². The summed E-state index contributed by atoms with van der Waals surface area (Å²) < 4.78 is 5.94. The number of carbonyl (C=O) groups excluding carboxylic acids is 1. The van der Waals surface area contributed by atoms with Crippen LogP contribution in [0, 0.1) is 16.7 Å². The van der Waals surface area contributed by atoms with E-state index in [0.29, 0.717) is 29.3 Å². The lowest BCUT2D eigenvalue weighted by Gasteiger charge is -2.24. The van der Waals surface area contributed by atoms with Crippen LogP contribution >= 0.6 is 0 Å². The Balaban J connectivity index is 2.05. The van der Waals surface area contributed by atoms with Crippen molar-refractivity contribution >= 4 is 5.91 Å². The van der Waals surface area contributed by atoms with Gasteiger partial charge in [0.1, 0.15) is 5.75 Å². The molecule has 0 saturated carbocycles. The molecule has 0 unspecified atom stereocenters. The van der Waals surface area contributed by atoms with Crippen LogP contribution in [-0.4, -0.2) is 30.5 Å². The van der Waals surface area contributed by atoms with Gasteiger partial charge in [0, 0.05) is 13.1 Å². The number of likely N-dealkylation sites (tertiary alicyclic amines) is 1. The Morgan fingerprint density at radius 3 is 2.42 bits per heavy atom. The molecule has 0 radical (unpaired) electrons. The van der Waals surface area contributed by atoms with Gasteiger partial charge in [0.05, 0.1) is 12.2 Å². The van der Waals surface area contributed by atoms with Crippen LogP contribution in [0.25, 0.3) is 0 Å². The molecule has 0 bridgehead atoms. The largest absolute Gasteiger partial charge is 0.492 e. The Hall–Kier alpha value is -1.51. The Kier molecular flexibility index (Phi) is 5.62. The molecule has 1 amide bonds. The topological polar surface area (TPSA) is 29.5 Å². The van der Waals surface area contributed by atoms with Crippen LogP contribution in [0.1, 0.15) is 64.7 Å². The molecule has 3 heteroatoms. The molecule has 1 aliphatic heterocycles. The minimum Gasteiger partial charge on any atom is -0.492 e. The maximum absolute atomic E-state index is 12.9. The van der Waals surface area contributed by atoms with Gasteiger partial charge in [-0.15, -0.1) is 0 Å². The predicted octanol–water partition coefficient (Wildman–Crippen LogP) is 5.01. The lowest BCUT2D eigenvalue weighted by atomic mass is 9.84. The quantitative estimate of drug-likeness (QED) is 0.776. The van der Waals surface area contributed by atoms with Crippen LogP contribution in [0.5, 0.6) is 5.75 Å². The maximum Gasteiger partial charge on any atom is 0.257 e. The molecular formula is C21H33NO2. The Morgan fingerprint density at radius 1 is 1.12 bits per heavy atom. The smallest absolute Gasteiger partial charge is 0.257 e. The highest BCUT2D eigenvalue weighted by Crippen LogP contribution is 2.32. The van der Waals surface area contributed by atoms with Crippen LogP contribution in [0.15, 0.2) is 24.3 Å². The highest BCUT2D eigenvalue weighted by atomic mass is 16.5. The normalized spacial score (nSPS) is 18.8. The number of benzene rings is 1. The molecule has 0 aromatic heterocycles. The minimum atomic E-state index is 0.0710.